The van der Waals surface area contributed by atoms with Gasteiger partial charge in [0, 0.05) is 71.2 Å². The molecule has 0 saturated heterocycles. The minimum absolute atomic E-state index is 0. The van der Waals surface area contributed by atoms with Gasteiger partial charge in [-0.05, 0) is 0 Å². The summed E-state index contributed by atoms with van der Waals surface area (Å²) in [4.78, 5) is 0. The van der Waals surface area contributed by atoms with E-state index in [9.17, 15) is 5.11 Å². The van der Waals surface area contributed by atoms with Gasteiger partial charge in [-0.2, -0.15) is 17.7 Å². The maximum atomic E-state index is 9.37. The van der Waals surface area contributed by atoms with Gasteiger partial charge in [0.1, 0.15) is 0 Å². The number of aryl methyl sites for hydroxylation is 2. The van der Waals surface area contributed by atoms with Gasteiger partial charge in [-0.3, -0.25) is 0 Å². The predicted octanol–water partition coefficient (Wildman–Crippen LogP) is 2.11. The zero-order valence-electron chi connectivity index (χ0n) is 7.68. The molecule has 2 radical (unpaired) electrons. The van der Waals surface area contributed by atoms with Crippen LogP contribution < -0.4 is 0 Å². The van der Waals surface area contributed by atoms with Crippen LogP contribution in [-0.2, 0) is 65.4 Å². The molecule has 0 aliphatic rings. The Morgan fingerprint density at radius 2 is 1.67 bits per heavy atom. The van der Waals surface area contributed by atoms with Crippen LogP contribution in [0.3, 0.4) is 0 Å². The molecule has 0 aliphatic carbocycles. The Kier molecular flexibility index (Phi) is 8.69. The van der Waals surface area contributed by atoms with E-state index in [1.54, 1.807) is 6.07 Å². The van der Waals surface area contributed by atoms with Gasteiger partial charge in [0.15, 0.2) is 0 Å². The average molecular weight is 313 g/mol. The van der Waals surface area contributed by atoms with Gasteiger partial charge < -0.3 is 5.11 Å². The summed E-state index contributed by atoms with van der Waals surface area (Å²) < 4.78 is 0. The topological polar surface area (TPSA) is 20.2 Å². The van der Waals surface area contributed by atoms with Crippen molar-refractivity contribution >= 4 is 0 Å². The number of hydrogen-bond donors (Lipinski definition) is 1. The summed E-state index contributed by atoms with van der Waals surface area (Å²) in [5.74, 6) is 0.399. The smallest absolute Gasteiger partial charge is 0.0142 e. The van der Waals surface area contributed by atoms with E-state index >= 15 is 0 Å². The fourth-order valence-corrected chi connectivity index (χ4v) is 0.866. The molecule has 60 valence electrons. The molecule has 0 aromatic heterocycles. The molecule has 0 heterocycles. The molecule has 0 amide bonds. The Morgan fingerprint density at radius 3 is 2.08 bits per heavy atom. The monoisotopic (exact) mass is 313 g/mol. The molecule has 1 rings (SSSR count). The second-order valence-electron chi connectivity index (χ2n) is 2.57. The van der Waals surface area contributed by atoms with Crippen LogP contribution in [0.25, 0.3) is 0 Å². The van der Waals surface area contributed by atoms with Gasteiger partial charge in [-0.25, -0.2) is 0 Å². The first kappa shape index (κ1) is 15.7. The molecule has 0 unspecified atom stereocenters. The van der Waals surface area contributed by atoms with Crippen molar-refractivity contribution in [3.8, 4) is 5.75 Å². The zero-order valence-corrected chi connectivity index (χ0v) is 13.4. The van der Waals surface area contributed by atoms with E-state index in [0.29, 0.717) is 5.75 Å². The molecule has 1 aromatic carbocycles. The van der Waals surface area contributed by atoms with Crippen LogP contribution in [0.4, 0.5) is 0 Å². The molecule has 3 heteroatoms. The Labute approximate surface area is 124 Å². The quantitative estimate of drug-likeness (QED) is 0.728. The minimum Gasteiger partial charge on any atom is -0.533 e. The van der Waals surface area contributed by atoms with Gasteiger partial charge in [0.25, 0.3) is 0 Å². The van der Waals surface area contributed by atoms with Crippen molar-refractivity contribution in [2.24, 2.45) is 0 Å². The van der Waals surface area contributed by atoms with Gasteiger partial charge in [-0.15, -0.1) is 11.1 Å². The van der Waals surface area contributed by atoms with Crippen molar-refractivity contribution in [3.05, 3.63) is 28.8 Å². The molecule has 1 nitrogen and oxygen atoms in total. The van der Waals surface area contributed by atoms with Crippen molar-refractivity contribution in [2.45, 2.75) is 20.8 Å². The van der Waals surface area contributed by atoms with E-state index < -0.39 is 0 Å². The number of benzene rings is 1. The average Bonchev–Trinajstić information content (AvgIpc) is 1.93. The van der Waals surface area contributed by atoms with Crippen LogP contribution in [-0.4, -0.2) is 5.11 Å². The summed E-state index contributed by atoms with van der Waals surface area (Å²) in [6.45, 7) is 5.71. The first-order valence-corrected chi connectivity index (χ1v) is 3.30. The van der Waals surface area contributed by atoms with Crippen LogP contribution >= 0.6 is 0 Å². The summed E-state index contributed by atoms with van der Waals surface area (Å²) >= 11 is 0. The van der Waals surface area contributed by atoms with Crippen LogP contribution in [0, 0.1) is 26.8 Å². The van der Waals surface area contributed by atoms with Gasteiger partial charge in [0.2, 0.25) is 0 Å². The summed E-state index contributed by atoms with van der Waals surface area (Å²) in [6.07, 6.45) is 0. The number of rotatable bonds is 0. The maximum absolute atomic E-state index is 9.37. The molecule has 0 bridgehead atoms. The second-order valence-corrected chi connectivity index (χ2v) is 2.57. The third-order valence-corrected chi connectivity index (χ3v) is 1.80. The van der Waals surface area contributed by atoms with Crippen molar-refractivity contribution in [1.29, 1.82) is 0 Å². The van der Waals surface area contributed by atoms with Gasteiger partial charge >= 0.3 is 0 Å². The van der Waals surface area contributed by atoms with Crippen LogP contribution in [0.5, 0.6) is 5.75 Å². The van der Waals surface area contributed by atoms with E-state index in [2.05, 4.69) is 6.07 Å². The zero-order chi connectivity index (χ0) is 7.72. The first-order valence-electron chi connectivity index (χ1n) is 3.30. The molecule has 0 saturated carbocycles. The number of aromatic hydroxyl groups is 1. The standard InChI is InChI=1S/C9H11O.2Y/c1-6-4-5-7(2)9(10)8(6)3;;/h5,10H,1-3H3;;/q-1;;. The third kappa shape index (κ3) is 3.54. The number of phenols is 1. The molecule has 0 atom stereocenters. The predicted molar refractivity (Wildman–Crippen MR) is 41.2 cm³/mol. The summed E-state index contributed by atoms with van der Waals surface area (Å²) in [5, 5.41) is 9.37. The molecule has 0 aliphatic heterocycles. The Balaban J connectivity index is 0. The van der Waals surface area contributed by atoms with E-state index in [0.717, 1.165) is 16.7 Å². The maximum Gasteiger partial charge on any atom is 0.0142 e. The van der Waals surface area contributed by atoms with Crippen LogP contribution in [0.15, 0.2) is 6.07 Å². The molecule has 1 aromatic rings. The fraction of sp³-hybridized carbons (Fsp3) is 0.333. The fourth-order valence-electron chi connectivity index (χ4n) is 0.866. The van der Waals surface area contributed by atoms with E-state index in [1.165, 1.54) is 0 Å². The Morgan fingerprint density at radius 1 is 1.17 bits per heavy atom. The van der Waals surface area contributed by atoms with Crippen LogP contribution in [0.2, 0.25) is 0 Å². The van der Waals surface area contributed by atoms with Gasteiger partial charge in [0.05, 0.1) is 0 Å². The molecule has 0 spiro atoms. The SMILES string of the molecule is Cc1[c-]cc(C)c(O)c1C.[Y].[Y]. The normalized spacial score (nSPS) is 8.25. The summed E-state index contributed by atoms with van der Waals surface area (Å²) in [6, 6.07) is 4.85. The Bertz CT molecular complexity index is 232. The van der Waals surface area contributed by atoms with Crippen molar-refractivity contribution in [1.82, 2.24) is 0 Å². The summed E-state index contributed by atoms with van der Waals surface area (Å²) in [7, 11) is 0. The first-order chi connectivity index (χ1) is 4.63. The van der Waals surface area contributed by atoms with Crippen molar-refractivity contribution < 1.29 is 70.5 Å². The van der Waals surface area contributed by atoms with Crippen molar-refractivity contribution in [2.75, 3.05) is 0 Å². The molecule has 0 fully saturated rings. The van der Waals surface area contributed by atoms with E-state index in [-0.39, 0.29) is 65.4 Å². The molecule has 1 N–H and O–H groups in total. The second kappa shape index (κ2) is 6.65. The van der Waals surface area contributed by atoms with Crippen molar-refractivity contribution in [3.63, 3.8) is 0 Å². The number of phenolic OH excluding ortho intramolecular Hbond substituents is 1. The minimum atomic E-state index is 0. The largest absolute Gasteiger partial charge is 0.533 e. The summed E-state index contributed by atoms with van der Waals surface area (Å²) in [5.41, 5.74) is 2.84. The van der Waals surface area contributed by atoms with Gasteiger partial charge in [-0.1, -0.05) is 20.8 Å². The molecule has 12 heavy (non-hydrogen) atoms. The molecular formula is C9H11OY2-. The van der Waals surface area contributed by atoms with E-state index in [1.807, 2.05) is 20.8 Å². The number of hydrogen-bond acceptors (Lipinski definition) is 1. The van der Waals surface area contributed by atoms with Crippen LogP contribution in [0.1, 0.15) is 16.7 Å². The van der Waals surface area contributed by atoms with E-state index in [4.69, 9.17) is 0 Å². The third-order valence-electron chi connectivity index (χ3n) is 1.80. The Hall–Kier alpha value is 1.23. The molecular weight excluding hydrogens is 302 g/mol.